The molecule has 1 saturated heterocycles. The molecule has 3 rings (SSSR count). The zero-order valence-electron chi connectivity index (χ0n) is 12.6. The van der Waals surface area contributed by atoms with Gasteiger partial charge in [0.05, 0.1) is 17.3 Å². The van der Waals surface area contributed by atoms with Gasteiger partial charge >= 0.3 is 0 Å². The highest BCUT2D eigenvalue weighted by molar-refractivity contribution is 9.10. The lowest BCUT2D eigenvalue weighted by Gasteiger charge is -2.35. The van der Waals surface area contributed by atoms with Crippen LogP contribution < -0.4 is 9.64 Å². The molecule has 116 valence electrons. The molecule has 0 aromatic carbocycles. The van der Waals surface area contributed by atoms with Gasteiger partial charge in [-0.15, -0.1) is 0 Å². The molecule has 1 aliphatic heterocycles. The molecule has 0 N–H and O–H groups in total. The van der Waals surface area contributed by atoms with Crippen molar-refractivity contribution in [3.63, 3.8) is 0 Å². The van der Waals surface area contributed by atoms with E-state index in [1.807, 2.05) is 36.5 Å². The monoisotopic (exact) mass is 362 g/mol. The molecule has 0 radical (unpaired) electrons. The van der Waals surface area contributed by atoms with E-state index in [4.69, 9.17) is 4.74 Å². The Hall–Kier alpha value is -1.66. The normalized spacial score (nSPS) is 15.8. The maximum atomic E-state index is 5.18. The van der Waals surface area contributed by atoms with Crippen LogP contribution in [0.15, 0.2) is 41.0 Å². The maximum absolute atomic E-state index is 5.18. The molecule has 6 heteroatoms. The minimum atomic E-state index is 0.675. The number of halogens is 1. The van der Waals surface area contributed by atoms with Crippen LogP contribution in [-0.4, -0.2) is 48.2 Å². The molecule has 0 spiro atoms. The summed E-state index contributed by atoms with van der Waals surface area (Å²) in [6.45, 7) is 4.80. The number of ether oxygens (including phenoxy) is 1. The van der Waals surface area contributed by atoms with Gasteiger partial charge in [0.25, 0.3) is 0 Å². The van der Waals surface area contributed by atoms with Gasteiger partial charge in [-0.05, 0) is 34.1 Å². The number of pyridine rings is 2. The third-order valence-corrected chi connectivity index (χ3v) is 4.41. The molecular formula is C16H19BrN4O. The Morgan fingerprint density at radius 1 is 1.14 bits per heavy atom. The predicted octanol–water partition coefficient (Wildman–Crippen LogP) is 2.57. The fourth-order valence-corrected chi connectivity index (χ4v) is 3.12. The molecule has 1 fully saturated rings. The highest BCUT2D eigenvalue weighted by atomic mass is 79.9. The van der Waals surface area contributed by atoms with Gasteiger partial charge in [-0.2, -0.15) is 0 Å². The third kappa shape index (κ3) is 3.56. The Morgan fingerprint density at radius 3 is 2.68 bits per heavy atom. The molecule has 2 aromatic heterocycles. The molecular weight excluding hydrogens is 344 g/mol. The van der Waals surface area contributed by atoms with Gasteiger partial charge in [0.1, 0.15) is 5.82 Å². The summed E-state index contributed by atoms with van der Waals surface area (Å²) in [5.74, 6) is 1.70. The second kappa shape index (κ2) is 7.07. The number of piperazine rings is 1. The van der Waals surface area contributed by atoms with E-state index in [0.717, 1.165) is 48.7 Å². The van der Waals surface area contributed by atoms with Crippen molar-refractivity contribution in [2.75, 3.05) is 38.2 Å². The molecule has 1 aliphatic rings. The van der Waals surface area contributed by atoms with Crippen molar-refractivity contribution >= 4 is 21.7 Å². The number of hydrogen-bond acceptors (Lipinski definition) is 5. The van der Waals surface area contributed by atoms with Crippen molar-refractivity contribution in [3.05, 3.63) is 46.7 Å². The Labute approximate surface area is 139 Å². The zero-order valence-corrected chi connectivity index (χ0v) is 14.2. The van der Waals surface area contributed by atoms with E-state index in [9.17, 15) is 0 Å². The van der Waals surface area contributed by atoms with Crippen LogP contribution in [0.25, 0.3) is 0 Å². The summed E-state index contributed by atoms with van der Waals surface area (Å²) in [5.41, 5.74) is 1.05. The molecule has 0 amide bonds. The number of nitrogens with zero attached hydrogens (tertiary/aromatic N) is 4. The zero-order chi connectivity index (χ0) is 15.4. The van der Waals surface area contributed by atoms with Gasteiger partial charge in [0, 0.05) is 45.0 Å². The van der Waals surface area contributed by atoms with Crippen LogP contribution in [0.3, 0.4) is 0 Å². The summed E-state index contributed by atoms with van der Waals surface area (Å²) in [7, 11) is 1.65. The third-order valence-electron chi connectivity index (χ3n) is 3.79. The predicted molar refractivity (Wildman–Crippen MR) is 90.2 cm³/mol. The van der Waals surface area contributed by atoms with E-state index < -0.39 is 0 Å². The Balaban J connectivity index is 1.59. The lowest BCUT2D eigenvalue weighted by Crippen LogP contribution is -2.46. The van der Waals surface area contributed by atoms with Crippen LogP contribution in [-0.2, 0) is 6.54 Å². The summed E-state index contributed by atoms with van der Waals surface area (Å²) >= 11 is 3.57. The topological polar surface area (TPSA) is 41.5 Å². The minimum absolute atomic E-state index is 0.675. The average molecular weight is 363 g/mol. The minimum Gasteiger partial charge on any atom is -0.481 e. The fourth-order valence-electron chi connectivity index (χ4n) is 2.62. The quantitative estimate of drug-likeness (QED) is 0.835. The Bertz CT molecular complexity index is 629. The second-order valence-electron chi connectivity index (χ2n) is 5.24. The van der Waals surface area contributed by atoms with Gasteiger partial charge in [0.15, 0.2) is 0 Å². The Kier molecular flexibility index (Phi) is 4.90. The first kappa shape index (κ1) is 15.2. The lowest BCUT2D eigenvalue weighted by molar-refractivity contribution is 0.245. The molecule has 2 aromatic rings. The van der Waals surface area contributed by atoms with Gasteiger partial charge in [-0.1, -0.05) is 6.07 Å². The van der Waals surface area contributed by atoms with Crippen molar-refractivity contribution in [2.24, 2.45) is 0 Å². The summed E-state index contributed by atoms with van der Waals surface area (Å²) < 4.78 is 6.23. The second-order valence-corrected chi connectivity index (χ2v) is 6.10. The van der Waals surface area contributed by atoms with Crippen LogP contribution in [0.1, 0.15) is 5.69 Å². The SMILES string of the molecule is COc1cccc(CN2CCN(c3ncccc3Br)CC2)n1. The molecule has 0 atom stereocenters. The van der Waals surface area contributed by atoms with Gasteiger partial charge < -0.3 is 9.64 Å². The van der Waals surface area contributed by atoms with Crippen molar-refractivity contribution < 1.29 is 4.74 Å². The number of aromatic nitrogens is 2. The molecule has 0 saturated carbocycles. The first-order chi connectivity index (χ1) is 10.8. The van der Waals surface area contributed by atoms with Crippen LogP contribution in [0.5, 0.6) is 5.88 Å². The fraction of sp³-hybridized carbons (Fsp3) is 0.375. The summed E-state index contributed by atoms with van der Waals surface area (Å²) in [4.78, 5) is 13.7. The summed E-state index contributed by atoms with van der Waals surface area (Å²) in [6.07, 6.45) is 1.84. The molecule has 22 heavy (non-hydrogen) atoms. The highest BCUT2D eigenvalue weighted by Gasteiger charge is 2.19. The van der Waals surface area contributed by atoms with Crippen LogP contribution in [0.2, 0.25) is 0 Å². The summed E-state index contributed by atoms with van der Waals surface area (Å²) in [6, 6.07) is 9.89. The smallest absolute Gasteiger partial charge is 0.213 e. The molecule has 0 unspecified atom stereocenters. The lowest BCUT2D eigenvalue weighted by atomic mass is 10.2. The number of anilines is 1. The van der Waals surface area contributed by atoms with Crippen molar-refractivity contribution in [1.29, 1.82) is 0 Å². The number of hydrogen-bond donors (Lipinski definition) is 0. The van der Waals surface area contributed by atoms with E-state index in [-0.39, 0.29) is 0 Å². The van der Waals surface area contributed by atoms with Gasteiger partial charge in [-0.25, -0.2) is 9.97 Å². The van der Waals surface area contributed by atoms with Crippen molar-refractivity contribution in [1.82, 2.24) is 14.9 Å². The molecule has 0 bridgehead atoms. The van der Waals surface area contributed by atoms with Crippen molar-refractivity contribution in [3.8, 4) is 5.88 Å². The summed E-state index contributed by atoms with van der Waals surface area (Å²) in [5, 5.41) is 0. The average Bonchev–Trinajstić information content (AvgIpc) is 2.56. The first-order valence-corrected chi connectivity index (χ1v) is 8.13. The Morgan fingerprint density at radius 2 is 1.95 bits per heavy atom. The maximum Gasteiger partial charge on any atom is 0.213 e. The van der Waals surface area contributed by atoms with E-state index in [0.29, 0.717) is 5.88 Å². The molecule has 3 heterocycles. The largest absolute Gasteiger partial charge is 0.481 e. The van der Waals surface area contributed by atoms with E-state index in [1.165, 1.54) is 0 Å². The van der Waals surface area contributed by atoms with Gasteiger partial charge in [-0.3, -0.25) is 4.90 Å². The van der Waals surface area contributed by atoms with E-state index >= 15 is 0 Å². The van der Waals surface area contributed by atoms with Crippen LogP contribution in [0, 0.1) is 0 Å². The van der Waals surface area contributed by atoms with E-state index in [2.05, 4.69) is 35.7 Å². The van der Waals surface area contributed by atoms with Crippen LogP contribution >= 0.6 is 15.9 Å². The van der Waals surface area contributed by atoms with Crippen molar-refractivity contribution in [2.45, 2.75) is 6.54 Å². The first-order valence-electron chi connectivity index (χ1n) is 7.34. The van der Waals surface area contributed by atoms with Crippen LogP contribution in [0.4, 0.5) is 5.82 Å². The van der Waals surface area contributed by atoms with Gasteiger partial charge in [0.2, 0.25) is 5.88 Å². The number of rotatable bonds is 4. The molecule has 5 nitrogen and oxygen atoms in total. The number of methoxy groups -OCH3 is 1. The van der Waals surface area contributed by atoms with E-state index in [1.54, 1.807) is 7.11 Å². The molecule has 0 aliphatic carbocycles. The highest BCUT2D eigenvalue weighted by Crippen LogP contribution is 2.24. The standard InChI is InChI=1S/C16H19BrN4O/c1-22-15-6-2-4-13(19-15)12-20-8-10-21(11-9-20)16-14(17)5-3-7-18-16/h2-7H,8-12H2,1H3.